The van der Waals surface area contributed by atoms with Gasteiger partial charge in [0.05, 0.1) is 6.10 Å². The number of fused-ring (bicyclic) bond motifs is 5. The van der Waals surface area contributed by atoms with Crippen LogP contribution in [0.4, 0.5) is 0 Å². The second kappa shape index (κ2) is 4.44. The summed E-state index contributed by atoms with van der Waals surface area (Å²) >= 11 is 0. The largest absolute Gasteiger partial charge is 0.393 e. The summed E-state index contributed by atoms with van der Waals surface area (Å²) in [5.41, 5.74) is 1.89. The van der Waals surface area contributed by atoms with Crippen molar-refractivity contribution in [2.24, 2.45) is 28.6 Å². The average molecular weight is 288 g/mol. The van der Waals surface area contributed by atoms with Gasteiger partial charge in [0, 0.05) is 6.42 Å². The van der Waals surface area contributed by atoms with E-state index in [9.17, 15) is 9.90 Å². The van der Waals surface area contributed by atoms with Crippen molar-refractivity contribution in [3.63, 3.8) is 0 Å². The van der Waals surface area contributed by atoms with E-state index in [1.807, 2.05) is 6.08 Å². The highest BCUT2D eigenvalue weighted by atomic mass is 16.3. The molecule has 4 aliphatic carbocycles. The highest BCUT2D eigenvalue weighted by Gasteiger charge is 2.58. The molecule has 0 bridgehead atoms. The van der Waals surface area contributed by atoms with E-state index in [1.54, 1.807) is 0 Å². The monoisotopic (exact) mass is 288 g/mol. The Morgan fingerprint density at radius 3 is 2.67 bits per heavy atom. The zero-order valence-electron chi connectivity index (χ0n) is 13.4. The van der Waals surface area contributed by atoms with Crippen molar-refractivity contribution in [1.29, 1.82) is 0 Å². The Balaban J connectivity index is 1.69. The molecule has 3 fully saturated rings. The minimum absolute atomic E-state index is 0.0823. The molecule has 1 N–H and O–H groups in total. The number of hydrogen-bond donors (Lipinski definition) is 1. The highest BCUT2D eigenvalue weighted by molar-refractivity contribution is 5.91. The predicted octanol–water partition coefficient (Wildman–Crippen LogP) is 3.88. The maximum atomic E-state index is 11.8. The lowest BCUT2D eigenvalue weighted by molar-refractivity contribution is -0.118. The molecule has 0 aromatic heterocycles. The molecule has 116 valence electrons. The van der Waals surface area contributed by atoms with Crippen LogP contribution in [0.5, 0.6) is 0 Å². The van der Waals surface area contributed by atoms with Gasteiger partial charge in [-0.05, 0) is 79.6 Å². The molecule has 0 unspecified atom stereocenters. The molecule has 0 aromatic rings. The van der Waals surface area contributed by atoms with Crippen LogP contribution < -0.4 is 0 Å². The summed E-state index contributed by atoms with van der Waals surface area (Å²) in [5.74, 6) is 2.57. The molecule has 0 aliphatic heterocycles. The van der Waals surface area contributed by atoms with Gasteiger partial charge in [0.2, 0.25) is 0 Å². The Kier molecular flexibility index (Phi) is 2.96. The molecule has 0 amide bonds. The smallest absolute Gasteiger partial charge is 0.155 e. The number of carbonyl (C=O) groups is 1. The molecule has 0 saturated heterocycles. The Hall–Kier alpha value is -0.630. The number of hydrogen-bond acceptors (Lipinski definition) is 2. The van der Waals surface area contributed by atoms with Crippen molar-refractivity contribution in [3.05, 3.63) is 11.6 Å². The zero-order chi connectivity index (χ0) is 14.8. The van der Waals surface area contributed by atoms with Crippen LogP contribution in [-0.2, 0) is 4.79 Å². The molecule has 4 aliphatic rings. The third-order valence-corrected chi connectivity index (χ3v) is 7.91. The summed E-state index contributed by atoms with van der Waals surface area (Å²) in [6, 6.07) is 0. The maximum Gasteiger partial charge on any atom is 0.155 e. The number of rotatable bonds is 0. The number of carbonyl (C=O) groups excluding carboxylic acids is 1. The lowest BCUT2D eigenvalue weighted by Gasteiger charge is -2.57. The van der Waals surface area contributed by atoms with Crippen LogP contribution >= 0.6 is 0 Å². The predicted molar refractivity (Wildman–Crippen MR) is 82.7 cm³/mol. The quantitative estimate of drug-likeness (QED) is 0.734. The molecule has 3 saturated carbocycles. The summed E-state index contributed by atoms with van der Waals surface area (Å²) in [5, 5.41) is 10.4. The van der Waals surface area contributed by atoms with Crippen LogP contribution in [0.25, 0.3) is 0 Å². The minimum atomic E-state index is -0.0823. The summed E-state index contributed by atoms with van der Waals surface area (Å²) < 4.78 is 0. The first-order chi connectivity index (χ1) is 9.95. The second-order valence-electron chi connectivity index (χ2n) is 8.61. The van der Waals surface area contributed by atoms with Gasteiger partial charge in [-0.1, -0.05) is 19.4 Å². The molecule has 0 spiro atoms. The lowest BCUT2D eigenvalue weighted by Crippen LogP contribution is -2.51. The van der Waals surface area contributed by atoms with Gasteiger partial charge < -0.3 is 5.11 Å². The van der Waals surface area contributed by atoms with E-state index in [2.05, 4.69) is 13.8 Å². The summed E-state index contributed by atoms with van der Waals surface area (Å²) in [4.78, 5) is 11.8. The molecule has 0 radical (unpaired) electrons. The van der Waals surface area contributed by atoms with Crippen LogP contribution in [0.2, 0.25) is 0 Å². The minimum Gasteiger partial charge on any atom is -0.393 e. The van der Waals surface area contributed by atoms with Crippen LogP contribution in [0.1, 0.15) is 65.2 Å². The van der Waals surface area contributed by atoms with E-state index in [0.717, 1.165) is 37.5 Å². The molecule has 0 heterocycles. The summed E-state index contributed by atoms with van der Waals surface area (Å²) in [7, 11) is 0. The van der Waals surface area contributed by atoms with Crippen molar-refractivity contribution in [2.75, 3.05) is 0 Å². The van der Waals surface area contributed by atoms with Gasteiger partial charge in [0.25, 0.3) is 0 Å². The van der Waals surface area contributed by atoms with Gasteiger partial charge in [-0.3, -0.25) is 4.79 Å². The van der Waals surface area contributed by atoms with Gasteiger partial charge >= 0.3 is 0 Å². The van der Waals surface area contributed by atoms with Crippen LogP contribution in [0, 0.1) is 28.6 Å². The molecule has 21 heavy (non-hydrogen) atoms. The van der Waals surface area contributed by atoms with E-state index in [4.69, 9.17) is 0 Å². The molecule has 2 nitrogen and oxygen atoms in total. The highest BCUT2D eigenvalue weighted by Crippen LogP contribution is 2.65. The van der Waals surface area contributed by atoms with Crippen molar-refractivity contribution in [2.45, 2.75) is 71.3 Å². The maximum absolute atomic E-state index is 11.8. The Morgan fingerprint density at radius 2 is 1.86 bits per heavy atom. The Bertz CT molecular complexity index is 508. The number of allylic oxidation sites excluding steroid dienone is 1. The van der Waals surface area contributed by atoms with Crippen molar-refractivity contribution < 1.29 is 9.90 Å². The van der Waals surface area contributed by atoms with Crippen LogP contribution in [0.3, 0.4) is 0 Å². The first-order valence-corrected chi connectivity index (χ1v) is 8.87. The molecule has 2 heteroatoms. The van der Waals surface area contributed by atoms with Gasteiger partial charge in [0.15, 0.2) is 5.78 Å². The SMILES string of the molecule is C[C@@]12CC[C@@H]3[C@@H](CCC4=CC(=O)CC[C@@]43C)[C@@H]1CC[C@@H]2O. The van der Waals surface area contributed by atoms with Crippen LogP contribution in [0.15, 0.2) is 11.6 Å². The van der Waals surface area contributed by atoms with Gasteiger partial charge in [-0.15, -0.1) is 0 Å². The molecule has 6 atom stereocenters. The average Bonchev–Trinajstić information content (AvgIpc) is 2.76. The fraction of sp³-hybridized carbons (Fsp3) is 0.842. The van der Waals surface area contributed by atoms with E-state index in [-0.39, 0.29) is 16.9 Å². The van der Waals surface area contributed by atoms with E-state index >= 15 is 0 Å². The Labute approximate surface area is 128 Å². The molecular weight excluding hydrogens is 260 g/mol. The number of aliphatic hydroxyl groups is 1. The van der Waals surface area contributed by atoms with E-state index < -0.39 is 0 Å². The molecular formula is C19H28O2. The fourth-order valence-corrected chi connectivity index (χ4v) is 6.53. The van der Waals surface area contributed by atoms with Crippen molar-refractivity contribution >= 4 is 5.78 Å². The third kappa shape index (κ3) is 1.78. The van der Waals surface area contributed by atoms with E-state index in [1.165, 1.54) is 31.3 Å². The van der Waals surface area contributed by atoms with E-state index in [0.29, 0.717) is 11.7 Å². The van der Waals surface area contributed by atoms with Crippen LogP contribution in [-0.4, -0.2) is 17.0 Å². The standard InChI is InChI=1S/C19H28O2/c1-18-9-7-13(20)11-12(18)3-4-14-15-5-6-17(21)19(15,2)10-8-16(14)18/h11,14-17,21H,3-10H2,1-2H3/t14-,15-,16+,17-,18-,19+/m0/s1. The Morgan fingerprint density at radius 1 is 1.05 bits per heavy atom. The van der Waals surface area contributed by atoms with Gasteiger partial charge in [-0.25, -0.2) is 0 Å². The zero-order valence-corrected chi connectivity index (χ0v) is 13.4. The van der Waals surface area contributed by atoms with Crippen molar-refractivity contribution in [1.82, 2.24) is 0 Å². The topological polar surface area (TPSA) is 37.3 Å². The summed E-state index contributed by atoms with van der Waals surface area (Å²) in [6.45, 7) is 4.76. The summed E-state index contributed by atoms with van der Waals surface area (Å²) in [6.07, 6.45) is 10.7. The lowest BCUT2D eigenvalue weighted by atomic mass is 9.47. The third-order valence-electron chi connectivity index (χ3n) is 7.91. The molecule has 0 aromatic carbocycles. The normalized spacial score (nSPS) is 52.7. The molecule has 4 rings (SSSR count). The van der Waals surface area contributed by atoms with Gasteiger partial charge in [-0.2, -0.15) is 0 Å². The first kappa shape index (κ1) is 14.0. The number of aliphatic hydroxyl groups excluding tert-OH is 1. The fourth-order valence-electron chi connectivity index (χ4n) is 6.53. The second-order valence-corrected chi connectivity index (χ2v) is 8.61. The van der Waals surface area contributed by atoms with Crippen molar-refractivity contribution in [3.8, 4) is 0 Å². The van der Waals surface area contributed by atoms with Gasteiger partial charge in [0.1, 0.15) is 0 Å². The number of ketones is 1. The first-order valence-electron chi connectivity index (χ1n) is 8.87.